The summed E-state index contributed by atoms with van der Waals surface area (Å²) in [5, 5.41) is 10.8. The Morgan fingerprint density at radius 3 is 2.95 bits per heavy atom. The van der Waals surface area contributed by atoms with Gasteiger partial charge in [0.15, 0.2) is 0 Å². The van der Waals surface area contributed by atoms with Crippen molar-refractivity contribution in [2.45, 2.75) is 0 Å². The first-order chi connectivity index (χ1) is 9.25. The van der Waals surface area contributed by atoms with E-state index in [1.54, 1.807) is 12.1 Å². The number of phenolic OH excluding ortho intramolecular Hbond substituents is 1. The number of imidazole rings is 1. The number of H-pyrrole nitrogens is 1. The minimum atomic E-state index is -0.314. The molecule has 0 bridgehead atoms. The number of hydrogen-bond donors (Lipinski definition) is 2. The maximum absolute atomic E-state index is 12.1. The molecule has 2 N–H and O–H groups in total. The molecule has 1 aromatic carbocycles. The highest BCUT2D eigenvalue weighted by molar-refractivity contribution is 6.05. The lowest BCUT2D eigenvalue weighted by atomic mass is 10.1. The van der Waals surface area contributed by atoms with Crippen LogP contribution in [0.3, 0.4) is 0 Å². The summed E-state index contributed by atoms with van der Waals surface area (Å²) in [5.41, 5.74) is 1.76. The molecule has 0 saturated carbocycles. The van der Waals surface area contributed by atoms with E-state index in [1.807, 2.05) is 28.8 Å². The number of rotatable bonds is 0. The monoisotopic (exact) mass is 251 g/mol. The van der Waals surface area contributed by atoms with Gasteiger partial charge in [-0.25, -0.2) is 4.98 Å². The number of aromatic amines is 1. The van der Waals surface area contributed by atoms with Crippen molar-refractivity contribution in [3.8, 4) is 5.75 Å². The van der Waals surface area contributed by atoms with Crippen LogP contribution in [0.15, 0.2) is 47.4 Å². The smallest absolute Gasteiger partial charge is 0.261 e. The number of pyridine rings is 2. The van der Waals surface area contributed by atoms with Crippen LogP contribution >= 0.6 is 0 Å². The van der Waals surface area contributed by atoms with Crippen molar-refractivity contribution in [2.24, 2.45) is 0 Å². The molecule has 0 unspecified atom stereocenters. The molecule has 0 aliphatic carbocycles. The molecule has 0 radical (unpaired) electrons. The van der Waals surface area contributed by atoms with Gasteiger partial charge in [-0.3, -0.25) is 9.20 Å². The van der Waals surface area contributed by atoms with Gasteiger partial charge >= 0.3 is 0 Å². The quantitative estimate of drug-likeness (QED) is 0.502. The second kappa shape index (κ2) is 3.35. The largest absolute Gasteiger partial charge is 0.507 e. The predicted octanol–water partition coefficient (Wildman–Crippen LogP) is 2.03. The minimum absolute atomic E-state index is 0.0299. The van der Waals surface area contributed by atoms with Crippen molar-refractivity contribution in [3.05, 3.63) is 52.9 Å². The Balaban J connectivity index is 2.40. The number of nitrogens with one attached hydrogen (secondary N) is 1. The van der Waals surface area contributed by atoms with Gasteiger partial charge in [0.05, 0.1) is 5.39 Å². The van der Waals surface area contributed by atoms with Crippen LogP contribution in [-0.4, -0.2) is 19.5 Å². The number of hydrogen-bond acceptors (Lipinski definition) is 3. The number of fused-ring (bicyclic) bond motifs is 5. The van der Waals surface area contributed by atoms with Crippen molar-refractivity contribution in [2.75, 3.05) is 0 Å². The molecule has 5 heteroatoms. The van der Waals surface area contributed by atoms with E-state index in [9.17, 15) is 9.90 Å². The zero-order valence-corrected chi connectivity index (χ0v) is 9.79. The van der Waals surface area contributed by atoms with E-state index in [2.05, 4.69) is 9.97 Å². The number of nitrogens with zero attached hydrogens (tertiary/aromatic N) is 2. The molecular weight excluding hydrogens is 242 g/mol. The highest BCUT2D eigenvalue weighted by Crippen LogP contribution is 2.26. The second-order valence-electron chi connectivity index (χ2n) is 4.39. The summed E-state index contributed by atoms with van der Waals surface area (Å²) in [7, 11) is 0. The van der Waals surface area contributed by atoms with Gasteiger partial charge in [-0.05, 0) is 18.2 Å². The van der Waals surface area contributed by atoms with Crippen molar-refractivity contribution in [3.63, 3.8) is 0 Å². The van der Waals surface area contributed by atoms with Crippen LogP contribution in [0.1, 0.15) is 0 Å². The van der Waals surface area contributed by atoms with Gasteiger partial charge in [0, 0.05) is 11.6 Å². The first kappa shape index (κ1) is 10.1. The van der Waals surface area contributed by atoms with Gasteiger partial charge in [0.2, 0.25) is 0 Å². The van der Waals surface area contributed by atoms with Gasteiger partial charge in [-0.15, -0.1) is 0 Å². The Labute approximate surface area is 106 Å². The summed E-state index contributed by atoms with van der Waals surface area (Å²) >= 11 is 0. The van der Waals surface area contributed by atoms with Crippen LogP contribution in [-0.2, 0) is 0 Å². The Hall–Kier alpha value is -2.82. The lowest BCUT2D eigenvalue weighted by Gasteiger charge is -2.00. The second-order valence-corrected chi connectivity index (χ2v) is 4.39. The molecular formula is C14H9N3O2. The SMILES string of the molecule is O=c1[nH]c2c(nc3ccccn32)c2cccc(O)c12. The van der Waals surface area contributed by atoms with Crippen molar-refractivity contribution in [1.82, 2.24) is 14.4 Å². The Morgan fingerprint density at radius 1 is 1.16 bits per heavy atom. The molecule has 0 aliphatic rings. The third-order valence-electron chi connectivity index (χ3n) is 3.29. The standard InChI is InChI=1S/C14H9N3O2/c18-9-5-3-4-8-11(9)14(19)16-13-12(8)15-10-6-1-2-7-17(10)13/h1-7,18H,(H,16,19). The molecule has 92 valence electrons. The van der Waals surface area contributed by atoms with Gasteiger partial charge in [-0.2, -0.15) is 0 Å². The predicted molar refractivity (Wildman–Crippen MR) is 72.5 cm³/mol. The van der Waals surface area contributed by atoms with E-state index in [0.29, 0.717) is 16.6 Å². The highest BCUT2D eigenvalue weighted by atomic mass is 16.3. The Morgan fingerprint density at radius 2 is 2.05 bits per heavy atom. The molecule has 0 saturated heterocycles. The van der Waals surface area contributed by atoms with Gasteiger partial charge < -0.3 is 10.1 Å². The van der Waals surface area contributed by atoms with Gasteiger partial charge in [-0.1, -0.05) is 18.2 Å². The summed E-state index contributed by atoms with van der Waals surface area (Å²) in [6.45, 7) is 0. The number of phenols is 1. The fourth-order valence-corrected chi connectivity index (χ4v) is 2.45. The first-order valence-electron chi connectivity index (χ1n) is 5.86. The van der Waals surface area contributed by atoms with Crippen LogP contribution in [0, 0.1) is 0 Å². The molecule has 5 nitrogen and oxygen atoms in total. The molecule has 19 heavy (non-hydrogen) atoms. The average Bonchev–Trinajstić information content (AvgIpc) is 2.78. The maximum Gasteiger partial charge on any atom is 0.261 e. The van der Waals surface area contributed by atoms with E-state index in [4.69, 9.17) is 0 Å². The average molecular weight is 251 g/mol. The van der Waals surface area contributed by atoms with Crippen molar-refractivity contribution >= 4 is 27.6 Å². The van der Waals surface area contributed by atoms with E-state index >= 15 is 0 Å². The van der Waals surface area contributed by atoms with E-state index < -0.39 is 0 Å². The molecule has 0 atom stereocenters. The molecule has 0 spiro atoms. The van der Waals surface area contributed by atoms with E-state index in [1.165, 1.54) is 6.07 Å². The van der Waals surface area contributed by atoms with E-state index in [-0.39, 0.29) is 16.7 Å². The number of aromatic nitrogens is 3. The van der Waals surface area contributed by atoms with Crippen LogP contribution in [0.2, 0.25) is 0 Å². The zero-order valence-electron chi connectivity index (χ0n) is 9.79. The third-order valence-corrected chi connectivity index (χ3v) is 3.29. The Kier molecular flexibility index (Phi) is 1.79. The van der Waals surface area contributed by atoms with Gasteiger partial charge in [0.25, 0.3) is 5.56 Å². The summed E-state index contributed by atoms with van der Waals surface area (Å²) in [6.07, 6.45) is 1.84. The molecule has 3 heterocycles. The summed E-state index contributed by atoms with van der Waals surface area (Å²) in [4.78, 5) is 19.4. The topological polar surface area (TPSA) is 70.4 Å². The lowest BCUT2D eigenvalue weighted by molar-refractivity contribution is 0.481. The number of aromatic hydroxyl groups is 1. The summed E-state index contributed by atoms with van der Waals surface area (Å²) in [6, 6.07) is 10.6. The van der Waals surface area contributed by atoms with Crippen molar-refractivity contribution in [1.29, 1.82) is 0 Å². The van der Waals surface area contributed by atoms with Crippen LogP contribution in [0.4, 0.5) is 0 Å². The van der Waals surface area contributed by atoms with E-state index in [0.717, 1.165) is 5.65 Å². The minimum Gasteiger partial charge on any atom is -0.507 e. The maximum atomic E-state index is 12.1. The van der Waals surface area contributed by atoms with Crippen LogP contribution < -0.4 is 5.56 Å². The molecule has 4 aromatic rings. The van der Waals surface area contributed by atoms with Crippen LogP contribution in [0.5, 0.6) is 5.75 Å². The van der Waals surface area contributed by atoms with Crippen LogP contribution in [0.25, 0.3) is 27.6 Å². The molecule has 4 rings (SSSR count). The fourth-order valence-electron chi connectivity index (χ4n) is 2.45. The molecule has 0 amide bonds. The normalized spacial score (nSPS) is 11.6. The summed E-state index contributed by atoms with van der Waals surface area (Å²) in [5.74, 6) is -0.0299. The number of benzene rings is 1. The zero-order chi connectivity index (χ0) is 13.0. The lowest BCUT2D eigenvalue weighted by Crippen LogP contribution is -2.07. The highest BCUT2D eigenvalue weighted by Gasteiger charge is 2.13. The molecule has 0 fully saturated rings. The van der Waals surface area contributed by atoms with Crippen molar-refractivity contribution < 1.29 is 5.11 Å². The summed E-state index contributed by atoms with van der Waals surface area (Å²) < 4.78 is 1.82. The first-order valence-corrected chi connectivity index (χ1v) is 5.86. The molecule has 3 aromatic heterocycles. The molecule has 0 aliphatic heterocycles. The fraction of sp³-hybridized carbons (Fsp3) is 0. The third kappa shape index (κ3) is 1.24. The Bertz CT molecular complexity index is 998. The van der Waals surface area contributed by atoms with Gasteiger partial charge in [0.1, 0.15) is 22.6 Å².